The van der Waals surface area contributed by atoms with Gasteiger partial charge in [0.05, 0.1) is 6.61 Å². The minimum atomic E-state index is -3.24. The molecule has 0 heterocycles. The van der Waals surface area contributed by atoms with Crippen LogP contribution in [0.4, 0.5) is 0 Å². The number of aliphatic hydroxyl groups excluding tert-OH is 2. The van der Waals surface area contributed by atoms with Crippen molar-refractivity contribution in [1.29, 1.82) is 0 Å². The van der Waals surface area contributed by atoms with Crippen LogP contribution in [0.3, 0.4) is 0 Å². The second kappa shape index (κ2) is 5.27. The van der Waals surface area contributed by atoms with E-state index in [-0.39, 0.29) is 6.61 Å². The van der Waals surface area contributed by atoms with Gasteiger partial charge in [0.1, 0.15) is 12.7 Å². The summed E-state index contributed by atoms with van der Waals surface area (Å²) >= 11 is 0. The Morgan fingerprint density at radius 1 is 1.14 bits per heavy atom. The Bertz CT molecular complexity index is 304. The molecule has 0 saturated carbocycles. The number of hydrogen-bond acceptors (Lipinski definition) is 4. The largest absolute Gasteiger partial charge is 0.386 e. The van der Waals surface area contributed by atoms with Crippen LogP contribution in [0.5, 0.6) is 0 Å². The van der Waals surface area contributed by atoms with E-state index in [1.165, 1.54) is 0 Å². The van der Waals surface area contributed by atoms with Crippen LogP contribution in [0.25, 0.3) is 0 Å². The molecule has 5 heteroatoms. The zero-order valence-corrected chi connectivity index (χ0v) is 8.56. The first-order chi connectivity index (χ1) is 6.70. The highest BCUT2D eigenvalue weighted by molar-refractivity contribution is 7.58. The molecule has 0 amide bonds. The Morgan fingerprint density at radius 2 is 1.71 bits per heavy atom. The van der Waals surface area contributed by atoms with E-state index in [1.54, 1.807) is 0 Å². The van der Waals surface area contributed by atoms with Gasteiger partial charge in [-0.05, 0) is 5.56 Å². The molecule has 0 fully saturated rings. The van der Waals surface area contributed by atoms with Crippen molar-refractivity contribution >= 4 is 7.37 Å². The van der Waals surface area contributed by atoms with Crippen LogP contribution in [0, 0.1) is 0 Å². The zero-order valence-electron chi connectivity index (χ0n) is 7.67. The van der Waals surface area contributed by atoms with E-state index >= 15 is 0 Å². The average molecular weight is 216 g/mol. The minimum absolute atomic E-state index is 0.138. The summed E-state index contributed by atoms with van der Waals surface area (Å²) in [4.78, 5) is 0. The highest BCUT2D eigenvalue weighted by atomic mass is 31.2. The van der Waals surface area contributed by atoms with E-state index < -0.39 is 20.1 Å². The predicted molar refractivity (Wildman–Crippen MR) is 53.0 cm³/mol. The quantitative estimate of drug-likeness (QED) is 0.729. The second-order valence-electron chi connectivity index (χ2n) is 2.86. The SMILES string of the molecule is O=P(CO)(CO)OCc1ccccc1. The molecule has 0 bridgehead atoms. The molecule has 0 aromatic heterocycles. The Kier molecular flexibility index (Phi) is 4.29. The molecule has 2 N–H and O–H groups in total. The molecule has 0 saturated heterocycles. The predicted octanol–water partition coefficient (Wildman–Crippen LogP) is 1.38. The molecule has 1 rings (SSSR count). The smallest absolute Gasteiger partial charge is 0.252 e. The van der Waals surface area contributed by atoms with Gasteiger partial charge >= 0.3 is 0 Å². The first-order valence-corrected chi connectivity index (χ1v) is 6.18. The van der Waals surface area contributed by atoms with Crippen LogP contribution >= 0.6 is 7.37 Å². The van der Waals surface area contributed by atoms with Gasteiger partial charge in [0.15, 0.2) is 0 Å². The summed E-state index contributed by atoms with van der Waals surface area (Å²) in [5.74, 6) is 0. The van der Waals surface area contributed by atoms with Crippen molar-refractivity contribution in [3.8, 4) is 0 Å². The summed E-state index contributed by atoms with van der Waals surface area (Å²) in [5.41, 5.74) is 0.856. The van der Waals surface area contributed by atoms with Gasteiger partial charge in [0.2, 0.25) is 0 Å². The fourth-order valence-corrected chi connectivity index (χ4v) is 1.53. The van der Waals surface area contributed by atoms with Gasteiger partial charge in [-0.25, -0.2) is 0 Å². The van der Waals surface area contributed by atoms with Crippen molar-refractivity contribution in [2.75, 3.05) is 12.7 Å². The summed E-state index contributed by atoms with van der Waals surface area (Å²) in [6, 6.07) is 9.17. The van der Waals surface area contributed by atoms with Gasteiger partial charge in [-0.3, -0.25) is 4.57 Å². The van der Waals surface area contributed by atoms with E-state index in [0.717, 1.165) is 5.56 Å². The number of hydrogen-bond donors (Lipinski definition) is 2. The van der Waals surface area contributed by atoms with Crippen molar-refractivity contribution in [2.24, 2.45) is 0 Å². The first-order valence-electron chi connectivity index (χ1n) is 4.18. The molecule has 0 unspecified atom stereocenters. The molecule has 78 valence electrons. The van der Waals surface area contributed by atoms with Crippen LogP contribution in [-0.2, 0) is 15.7 Å². The van der Waals surface area contributed by atoms with Crippen molar-refractivity contribution in [2.45, 2.75) is 6.61 Å². The van der Waals surface area contributed by atoms with E-state index in [1.807, 2.05) is 30.3 Å². The molecule has 0 aliphatic rings. The standard InChI is InChI=1S/C9H13O4P/c10-7-14(12,8-11)13-6-9-4-2-1-3-5-9/h1-5,10-11H,6-8H2. The molecule has 4 nitrogen and oxygen atoms in total. The number of aliphatic hydroxyl groups is 2. The summed E-state index contributed by atoms with van der Waals surface area (Å²) in [6.07, 6.45) is -1.26. The number of rotatable bonds is 5. The Balaban J connectivity index is 2.52. The Hall–Kier alpha value is -0.670. The van der Waals surface area contributed by atoms with Crippen molar-refractivity contribution < 1.29 is 19.3 Å². The molecule has 0 radical (unpaired) electrons. The lowest BCUT2D eigenvalue weighted by atomic mass is 10.2. The summed E-state index contributed by atoms with van der Waals surface area (Å²) in [7, 11) is -3.24. The lowest BCUT2D eigenvalue weighted by molar-refractivity contribution is 0.237. The Morgan fingerprint density at radius 3 is 2.21 bits per heavy atom. The van der Waals surface area contributed by atoms with Crippen LogP contribution < -0.4 is 0 Å². The van der Waals surface area contributed by atoms with Gasteiger partial charge < -0.3 is 14.7 Å². The molecule has 0 aliphatic carbocycles. The monoisotopic (exact) mass is 216 g/mol. The topological polar surface area (TPSA) is 66.8 Å². The summed E-state index contributed by atoms with van der Waals surface area (Å²) in [5, 5.41) is 17.4. The van der Waals surface area contributed by atoms with Gasteiger partial charge in [0, 0.05) is 0 Å². The van der Waals surface area contributed by atoms with Crippen molar-refractivity contribution in [3.63, 3.8) is 0 Å². The fourth-order valence-electron chi connectivity index (χ4n) is 0.893. The normalized spacial score (nSPS) is 11.6. The molecular formula is C9H13O4P. The lowest BCUT2D eigenvalue weighted by Crippen LogP contribution is -1.99. The molecule has 0 spiro atoms. The van der Waals surface area contributed by atoms with E-state index in [9.17, 15) is 4.57 Å². The Labute approximate surface area is 82.6 Å². The third-order valence-corrected chi connectivity index (χ3v) is 3.20. The van der Waals surface area contributed by atoms with Crippen LogP contribution in [0.15, 0.2) is 30.3 Å². The highest BCUT2D eigenvalue weighted by Crippen LogP contribution is 2.45. The van der Waals surface area contributed by atoms with E-state index in [4.69, 9.17) is 14.7 Å². The maximum absolute atomic E-state index is 11.4. The fraction of sp³-hybridized carbons (Fsp3) is 0.333. The minimum Gasteiger partial charge on any atom is -0.386 e. The molecule has 0 aliphatic heterocycles. The van der Waals surface area contributed by atoms with Crippen molar-refractivity contribution in [1.82, 2.24) is 0 Å². The molecule has 0 atom stereocenters. The number of benzene rings is 1. The first kappa shape index (κ1) is 11.4. The third kappa shape index (κ3) is 3.24. The molecular weight excluding hydrogens is 203 g/mol. The van der Waals surface area contributed by atoms with Crippen LogP contribution in [0.1, 0.15) is 5.56 Å². The van der Waals surface area contributed by atoms with Crippen LogP contribution in [0.2, 0.25) is 0 Å². The average Bonchev–Trinajstić information content (AvgIpc) is 2.27. The van der Waals surface area contributed by atoms with Gasteiger partial charge in [-0.15, -0.1) is 0 Å². The lowest BCUT2D eigenvalue weighted by Gasteiger charge is -2.12. The summed E-state index contributed by atoms with van der Waals surface area (Å²) < 4.78 is 16.4. The van der Waals surface area contributed by atoms with E-state index in [0.29, 0.717) is 0 Å². The molecule has 1 aromatic carbocycles. The summed E-state index contributed by atoms with van der Waals surface area (Å²) in [6.45, 7) is 0.138. The second-order valence-corrected chi connectivity index (χ2v) is 5.31. The molecule has 1 aromatic rings. The van der Waals surface area contributed by atoms with Gasteiger partial charge in [0.25, 0.3) is 7.37 Å². The third-order valence-electron chi connectivity index (χ3n) is 1.74. The highest BCUT2D eigenvalue weighted by Gasteiger charge is 2.20. The van der Waals surface area contributed by atoms with Crippen LogP contribution in [-0.4, -0.2) is 22.9 Å². The molecule has 14 heavy (non-hydrogen) atoms. The van der Waals surface area contributed by atoms with Gasteiger partial charge in [-0.1, -0.05) is 30.3 Å². The zero-order chi connectivity index (χ0) is 10.4. The van der Waals surface area contributed by atoms with E-state index in [2.05, 4.69) is 0 Å². The van der Waals surface area contributed by atoms with Crippen molar-refractivity contribution in [3.05, 3.63) is 35.9 Å². The maximum atomic E-state index is 11.4. The van der Waals surface area contributed by atoms with Gasteiger partial charge in [-0.2, -0.15) is 0 Å². The maximum Gasteiger partial charge on any atom is 0.252 e.